The third-order valence-electron chi connectivity index (χ3n) is 23.7. The number of carbonyl (C=O) groups excluding carboxylic acids is 15. The molecule has 0 bridgehead atoms. The molecule has 0 saturated carbocycles. The zero-order valence-corrected chi connectivity index (χ0v) is 88.8. The fourth-order valence-corrected chi connectivity index (χ4v) is 15.7. The van der Waals surface area contributed by atoms with E-state index in [1.807, 2.05) is 28.5 Å². The SMILES string of the molecule is CB(O)N(C)CCCN(CCCCCO/B=N\CC(CCCCCCNC(=O)CCCCCCCCCCCCCCCCCCCCCCCNC(=O)CCC(=O)N(CCNC(=O)[C@@H](OC(C)=O)[C@@H](OC(C)=O)[C@@H](OC(C)=O)[C@@H](COC(C)=O)OC(C)=O)CCNC(=O)[C@H](OC(C)=O)[C@@H](OC(C)=O)[C@H](OC(C)=O)[C@H](COC(C)=O)OC(C)=O)CN=C(B=O)CCCCN(CCCN(C)B(C)O)B(C)O)B(C)O. The number of amides is 5. The van der Waals surface area contributed by atoms with Crippen LogP contribution in [0, 0.1) is 5.92 Å². The molecule has 0 aliphatic heterocycles. The van der Waals surface area contributed by atoms with Gasteiger partial charge < -0.3 is 73.2 Å². The van der Waals surface area contributed by atoms with Gasteiger partial charge in [0.15, 0.2) is 36.6 Å². The summed E-state index contributed by atoms with van der Waals surface area (Å²) in [6.07, 6.45) is 18.5. The molecule has 9 atom stereocenters. The van der Waals surface area contributed by atoms with E-state index in [1.54, 1.807) is 27.3 Å². The fraction of sp³-hybridized carbons (Fsp3) is 0.832. The quantitative estimate of drug-likeness (QED) is 0.00990. The molecule has 1 unspecified atom stereocenters. The molecule has 0 rings (SSSR count). The molecule has 0 aliphatic rings. The van der Waals surface area contributed by atoms with E-state index in [-0.39, 0.29) is 18.2 Å². The van der Waals surface area contributed by atoms with Crippen LogP contribution >= 0.6 is 0 Å². The van der Waals surface area contributed by atoms with Crippen LogP contribution in [-0.4, -0.2) is 356 Å². The van der Waals surface area contributed by atoms with Crippen LogP contribution in [0.4, 0.5) is 0 Å². The summed E-state index contributed by atoms with van der Waals surface area (Å²) in [7, 11) is 3.96. The van der Waals surface area contributed by atoms with Crippen molar-refractivity contribution in [1.29, 1.82) is 0 Å². The van der Waals surface area contributed by atoms with E-state index in [2.05, 4.69) is 31.0 Å². The summed E-state index contributed by atoms with van der Waals surface area (Å²) < 4.78 is 70.8. The topological polar surface area (TPSA) is 545 Å². The number of esters is 10. The minimum absolute atomic E-state index is 0.113. The van der Waals surface area contributed by atoms with Crippen LogP contribution in [0.15, 0.2) is 9.89 Å². The summed E-state index contributed by atoms with van der Waals surface area (Å²) in [5, 5.41) is 51.1. The Morgan fingerprint density at radius 1 is 0.329 bits per heavy atom. The zero-order valence-electron chi connectivity index (χ0n) is 88.8. The Morgan fingerprint density at radius 2 is 0.664 bits per heavy atom. The fourth-order valence-electron chi connectivity index (χ4n) is 15.7. The Bertz CT molecular complexity index is 3590. The molecule has 0 fully saturated rings. The van der Waals surface area contributed by atoms with Crippen LogP contribution in [0.2, 0.25) is 27.3 Å². The molecule has 0 heterocycles. The molecule has 0 aromatic carbocycles. The maximum absolute atomic E-state index is 14.2. The number of hydrogen-bond acceptors (Lipinski definition) is 37. The number of hydrogen-bond donors (Lipinski definition) is 8. The Balaban J connectivity index is 5.28. The third kappa shape index (κ3) is 73.0. The normalized spacial score (nSPS) is 13.2. The summed E-state index contributed by atoms with van der Waals surface area (Å²) in [6.45, 7) is 19.6. The van der Waals surface area contributed by atoms with Crippen LogP contribution in [-0.2, 0) is 129 Å². The number of ether oxygens (including phenoxy) is 10. The minimum atomic E-state index is -2.21. The van der Waals surface area contributed by atoms with Crippen molar-refractivity contribution < 1.29 is 149 Å². The van der Waals surface area contributed by atoms with Crippen LogP contribution in [0.1, 0.15) is 307 Å². The van der Waals surface area contributed by atoms with Gasteiger partial charge in [-0.3, -0.25) is 67.1 Å². The van der Waals surface area contributed by atoms with Gasteiger partial charge >= 0.3 is 373 Å². The molecular weight excluding hydrogens is 1860 g/mol. The molecule has 0 aromatic heterocycles. The van der Waals surface area contributed by atoms with Crippen molar-refractivity contribution >= 4 is 137 Å². The van der Waals surface area contributed by atoms with Crippen molar-refractivity contribution in [3.05, 3.63) is 0 Å². The van der Waals surface area contributed by atoms with Gasteiger partial charge in [-0.15, -0.1) is 0 Å². The van der Waals surface area contributed by atoms with Crippen molar-refractivity contribution in [2.75, 3.05) is 126 Å². The van der Waals surface area contributed by atoms with Crippen molar-refractivity contribution in [2.45, 2.75) is 383 Å². The average Bonchev–Trinajstić information content (AvgIpc) is 0.820. The second-order valence-electron chi connectivity index (χ2n) is 36.7. The summed E-state index contributed by atoms with van der Waals surface area (Å²) in [4.78, 5) is 211. The van der Waals surface area contributed by atoms with Gasteiger partial charge in [0.25, 0.3) is 11.8 Å². The van der Waals surface area contributed by atoms with Gasteiger partial charge in [-0.2, -0.15) is 0 Å². The van der Waals surface area contributed by atoms with Crippen LogP contribution in [0.5, 0.6) is 0 Å². The first-order valence-electron chi connectivity index (χ1n) is 51.7. The number of aliphatic imine (C=N–C) groups is 1. The zero-order chi connectivity index (χ0) is 107. The molecule has 143 heavy (non-hydrogen) atoms. The molecule has 48 heteroatoms. The molecule has 42 nitrogen and oxygen atoms in total. The van der Waals surface area contributed by atoms with E-state index in [0.717, 1.165) is 229 Å². The Hall–Kier alpha value is -8.81. The van der Waals surface area contributed by atoms with Gasteiger partial charge in [-0.1, -0.05) is 122 Å². The first kappa shape index (κ1) is 134. The van der Waals surface area contributed by atoms with E-state index in [4.69, 9.17) is 57.0 Å². The van der Waals surface area contributed by atoms with Crippen molar-refractivity contribution in [3.63, 3.8) is 0 Å². The van der Waals surface area contributed by atoms with E-state index >= 15 is 0 Å². The molecule has 8 N–H and O–H groups in total. The monoisotopic (exact) mass is 2030 g/mol. The van der Waals surface area contributed by atoms with Crippen molar-refractivity contribution in [3.8, 4) is 0 Å². The van der Waals surface area contributed by atoms with Crippen LogP contribution in [0.25, 0.3) is 0 Å². The second-order valence-corrected chi connectivity index (χ2v) is 36.7. The van der Waals surface area contributed by atoms with E-state index in [0.29, 0.717) is 77.3 Å². The molecule has 0 aromatic rings. The van der Waals surface area contributed by atoms with Crippen molar-refractivity contribution in [2.24, 2.45) is 15.8 Å². The summed E-state index contributed by atoms with van der Waals surface area (Å²) >= 11 is 0. The summed E-state index contributed by atoms with van der Waals surface area (Å²) in [5.41, 5.74) is 0.533. The number of carbonyl (C=O) groups is 15. The van der Waals surface area contributed by atoms with Gasteiger partial charge in [0.1, 0.15) is 13.2 Å². The van der Waals surface area contributed by atoms with Crippen LogP contribution in [0.3, 0.4) is 0 Å². The van der Waals surface area contributed by atoms with Gasteiger partial charge in [-0.25, -0.2) is 0 Å². The van der Waals surface area contributed by atoms with Crippen molar-refractivity contribution in [1.82, 2.24) is 45.4 Å². The van der Waals surface area contributed by atoms with Gasteiger partial charge in [0.2, 0.25) is 24.0 Å². The Labute approximate surface area is 851 Å². The van der Waals surface area contributed by atoms with E-state index < -0.39 is 206 Å². The first-order chi connectivity index (χ1) is 68.0. The maximum atomic E-state index is 14.2. The molecule has 0 radical (unpaired) electrons. The number of rotatable bonds is 89. The first-order valence-corrected chi connectivity index (χ1v) is 51.7. The molecular formula is C95H173B6N11O31. The van der Waals surface area contributed by atoms with Crippen LogP contribution < -0.4 is 21.3 Å². The predicted molar refractivity (Wildman–Crippen MR) is 542 cm³/mol. The molecule has 812 valence electrons. The molecule has 0 spiro atoms. The van der Waals surface area contributed by atoms with Gasteiger partial charge in [0, 0.05) is 115 Å². The average molecular weight is 2030 g/mol. The number of unbranched alkanes of at least 4 members (excludes halogenated alkanes) is 26. The van der Waals surface area contributed by atoms with E-state index in [1.165, 1.54) is 84.3 Å². The summed E-state index contributed by atoms with van der Waals surface area (Å²) in [6, 6.07) is 0. The molecule has 5 amide bonds. The Kier molecular flexibility index (Phi) is 79.1. The standard InChI is InChI=1S/C95H173B6N11O31/c1-71(113)133-69-82(136-73(3)115)88(138-75(5)117)90(140-77(7)119)92(142-79(9)121)94(126)104-56-64-110(65-57-105-95(127)93(143-80(10)122)91(141-78(8)120)89(139-76(6)118)83(137-74(4)116)70-134-72(2)114)87(125)53-52-86(124)103-55-42-36-33-31-29-27-25-23-21-19-17-18-20-22-24-26-28-30-32-34-40-51-85(123)102-54-43-37-35-39-49-81(67-106-84(96-128)50-41-45-61-112(101(14)132)63-48-59-109(16)99(12)130)68-107-97-135-66-46-38-44-60-111(100(13)131)62-47-58-108(15)98(11)129/h81-83,88-93,129-132H,17-70H2,1-16H3,(H,102,123)(H,103,124)(H,104,126)(H,105,127)/t81?,82-,83+,88+,89-,90-,91-,92+,93-/m0/s1. The van der Waals surface area contributed by atoms with E-state index in [9.17, 15) is 96.7 Å². The summed E-state index contributed by atoms with van der Waals surface area (Å²) in [5.74, 6) is -13.9. The second kappa shape index (κ2) is 84.3. The molecule has 0 aliphatic carbocycles. The van der Waals surface area contributed by atoms with Gasteiger partial charge in [0.05, 0.1) is 0 Å². The predicted octanol–water partition coefficient (Wildman–Crippen LogP) is 7.09. The Morgan fingerprint density at radius 3 is 1.03 bits per heavy atom. The third-order valence-corrected chi connectivity index (χ3v) is 23.7. The van der Waals surface area contributed by atoms with Gasteiger partial charge in [-0.05, 0) is 19.7 Å². The number of nitrogens with zero attached hydrogens (tertiary/aromatic N) is 7. The number of nitrogens with one attached hydrogen (secondary N) is 4. The molecule has 0 saturated heterocycles.